The van der Waals surface area contributed by atoms with Gasteiger partial charge in [0.2, 0.25) is 10.0 Å². The minimum absolute atomic E-state index is 0.00247. The van der Waals surface area contributed by atoms with Gasteiger partial charge in [-0.2, -0.15) is 0 Å². The molecule has 1 aromatic carbocycles. The molecule has 0 atom stereocenters. The fourth-order valence-corrected chi connectivity index (χ4v) is 4.33. The largest absolute Gasteiger partial charge is 0.281 e. The molecule has 0 spiro atoms. The minimum Gasteiger partial charge on any atom is -0.281 e. The van der Waals surface area contributed by atoms with Crippen molar-refractivity contribution in [2.75, 3.05) is 11.0 Å². The molecule has 18 heavy (non-hydrogen) atoms. The molecule has 0 unspecified atom stereocenters. The highest BCUT2D eigenvalue weighted by Crippen LogP contribution is 2.32. The standard InChI is InChI=1S/C12H13NO2S3/c1-16-12-11(7-8-17-12)13-18(14,15)9-10-5-3-2-4-6-10/h2-8,13H,9H2,1H3. The van der Waals surface area contributed by atoms with Crippen LogP contribution in [0.3, 0.4) is 0 Å². The van der Waals surface area contributed by atoms with Crippen LogP contribution in [0.15, 0.2) is 46.0 Å². The number of nitrogens with one attached hydrogen (secondary N) is 1. The van der Waals surface area contributed by atoms with Crippen molar-refractivity contribution in [1.82, 2.24) is 0 Å². The predicted octanol–water partition coefficient (Wildman–Crippen LogP) is 3.41. The van der Waals surface area contributed by atoms with E-state index in [-0.39, 0.29) is 5.75 Å². The second-order valence-electron chi connectivity index (χ2n) is 3.67. The number of thioether (sulfide) groups is 1. The zero-order valence-corrected chi connectivity index (χ0v) is 12.2. The van der Waals surface area contributed by atoms with Gasteiger partial charge < -0.3 is 0 Å². The Hall–Kier alpha value is -0.980. The number of sulfonamides is 1. The van der Waals surface area contributed by atoms with Crippen molar-refractivity contribution in [3.05, 3.63) is 47.3 Å². The zero-order valence-electron chi connectivity index (χ0n) is 9.79. The molecule has 0 saturated heterocycles. The molecule has 0 radical (unpaired) electrons. The molecule has 1 heterocycles. The molecule has 0 aliphatic rings. The summed E-state index contributed by atoms with van der Waals surface area (Å²) in [6.07, 6.45) is 1.93. The highest BCUT2D eigenvalue weighted by atomic mass is 32.2. The molecule has 2 rings (SSSR count). The van der Waals surface area contributed by atoms with Crippen molar-refractivity contribution < 1.29 is 8.42 Å². The Balaban J connectivity index is 2.13. The quantitative estimate of drug-likeness (QED) is 0.861. The molecule has 0 fully saturated rings. The first kappa shape index (κ1) is 13.5. The summed E-state index contributed by atoms with van der Waals surface area (Å²) in [6.45, 7) is 0. The molecule has 2 aromatic rings. The van der Waals surface area contributed by atoms with Gasteiger partial charge in [-0.3, -0.25) is 4.72 Å². The van der Waals surface area contributed by atoms with Crippen LogP contribution in [-0.4, -0.2) is 14.7 Å². The van der Waals surface area contributed by atoms with Crippen LogP contribution >= 0.6 is 23.1 Å². The summed E-state index contributed by atoms with van der Waals surface area (Å²) in [5.41, 5.74) is 1.45. The molecule has 0 amide bonds. The lowest BCUT2D eigenvalue weighted by molar-refractivity contribution is 0.600. The normalized spacial score (nSPS) is 11.4. The van der Waals surface area contributed by atoms with E-state index in [1.807, 2.05) is 42.0 Å². The molecule has 0 bridgehead atoms. The van der Waals surface area contributed by atoms with Crippen LogP contribution < -0.4 is 4.72 Å². The summed E-state index contributed by atoms with van der Waals surface area (Å²) >= 11 is 3.07. The van der Waals surface area contributed by atoms with E-state index in [9.17, 15) is 8.42 Å². The molecule has 6 heteroatoms. The third-order valence-electron chi connectivity index (χ3n) is 2.28. The Morgan fingerprint density at radius 2 is 1.94 bits per heavy atom. The van der Waals surface area contributed by atoms with Gasteiger partial charge in [0.05, 0.1) is 15.6 Å². The molecule has 96 valence electrons. The number of thiophene rings is 1. The third kappa shape index (κ3) is 3.51. The van der Waals surface area contributed by atoms with E-state index < -0.39 is 10.0 Å². The van der Waals surface area contributed by atoms with E-state index in [2.05, 4.69) is 4.72 Å². The maximum absolute atomic E-state index is 12.0. The molecular formula is C12H13NO2S3. The predicted molar refractivity (Wildman–Crippen MR) is 78.8 cm³/mol. The highest BCUT2D eigenvalue weighted by Gasteiger charge is 2.14. The van der Waals surface area contributed by atoms with Gasteiger partial charge in [0.1, 0.15) is 0 Å². The molecule has 1 aromatic heterocycles. The van der Waals surface area contributed by atoms with Gasteiger partial charge in [-0.1, -0.05) is 30.3 Å². The van der Waals surface area contributed by atoms with Crippen LogP contribution in [0, 0.1) is 0 Å². The zero-order chi connectivity index (χ0) is 13.0. The van der Waals surface area contributed by atoms with Crippen LogP contribution in [0.5, 0.6) is 0 Å². The van der Waals surface area contributed by atoms with Gasteiger partial charge in [0.25, 0.3) is 0 Å². The maximum atomic E-state index is 12.0. The van der Waals surface area contributed by atoms with Gasteiger partial charge >= 0.3 is 0 Å². The van der Waals surface area contributed by atoms with Crippen LogP contribution in [0.1, 0.15) is 5.56 Å². The Kier molecular flexibility index (Phi) is 4.31. The number of benzene rings is 1. The summed E-state index contributed by atoms with van der Waals surface area (Å²) in [5, 5.41) is 1.88. The summed E-state index contributed by atoms with van der Waals surface area (Å²) in [7, 11) is -3.35. The minimum atomic E-state index is -3.35. The maximum Gasteiger partial charge on any atom is 0.236 e. The lowest BCUT2D eigenvalue weighted by Crippen LogP contribution is -2.14. The van der Waals surface area contributed by atoms with Crippen LogP contribution in [0.4, 0.5) is 5.69 Å². The monoisotopic (exact) mass is 299 g/mol. The summed E-state index contributed by atoms with van der Waals surface area (Å²) in [4.78, 5) is 0. The average molecular weight is 299 g/mol. The topological polar surface area (TPSA) is 46.2 Å². The van der Waals surface area contributed by atoms with E-state index >= 15 is 0 Å². The van der Waals surface area contributed by atoms with E-state index in [0.29, 0.717) is 5.69 Å². The van der Waals surface area contributed by atoms with Crippen molar-refractivity contribution in [3.8, 4) is 0 Å². The fraction of sp³-hybridized carbons (Fsp3) is 0.167. The van der Waals surface area contributed by atoms with Crippen molar-refractivity contribution in [3.63, 3.8) is 0 Å². The van der Waals surface area contributed by atoms with Crippen molar-refractivity contribution >= 4 is 38.8 Å². The first-order valence-corrected chi connectivity index (χ1v) is 9.02. The van der Waals surface area contributed by atoms with Crippen molar-refractivity contribution in [2.45, 2.75) is 9.96 Å². The first-order valence-electron chi connectivity index (χ1n) is 5.26. The number of rotatable bonds is 5. The van der Waals surface area contributed by atoms with E-state index in [0.717, 1.165) is 9.77 Å². The van der Waals surface area contributed by atoms with Crippen LogP contribution in [0.25, 0.3) is 0 Å². The summed E-state index contributed by atoms with van der Waals surface area (Å²) < 4.78 is 27.6. The number of anilines is 1. The second-order valence-corrected chi connectivity index (χ2v) is 7.39. The summed E-state index contributed by atoms with van der Waals surface area (Å²) in [6, 6.07) is 10.9. The first-order chi connectivity index (χ1) is 8.61. The van der Waals surface area contributed by atoms with Crippen molar-refractivity contribution in [1.29, 1.82) is 0 Å². The van der Waals surface area contributed by atoms with Crippen molar-refractivity contribution in [2.24, 2.45) is 0 Å². The van der Waals surface area contributed by atoms with E-state index in [1.54, 1.807) is 17.8 Å². The number of hydrogen-bond acceptors (Lipinski definition) is 4. The van der Waals surface area contributed by atoms with Gasteiger partial charge in [0.15, 0.2) is 0 Å². The average Bonchev–Trinajstić information content (AvgIpc) is 2.76. The highest BCUT2D eigenvalue weighted by molar-refractivity contribution is 8.00. The smallest absolute Gasteiger partial charge is 0.236 e. The number of hydrogen-bond donors (Lipinski definition) is 1. The van der Waals surface area contributed by atoms with E-state index in [4.69, 9.17) is 0 Å². The van der Waals surface area contributed by atoms with Gasteiger partial charge in [-0.15, -0.1) is 23.1 Å². The Labute approximate surface area is 115 Å². The van der Waals surface area contributed by atoms with E-state index in [1.165, 1.54) is 11.3 Å². The Morgan fingerprint density at radius 3 is 2.61 bits per heavy atom. The molecule has 0 aliphatic heterocycles. The second kappa shape index (κ2) is 5.77. The SMILES string of the molecule is CSc1sccc1NS(=O)(=O)Cc1ccccc1. The van der Waals surface area contributed by atoms with Gasteiger partial charge in [0, 0.05) is 0 Å². The molecule has 1 N–H and O–H groups in total. The Morgan fingerprint density at radius 1 is 1.22 bits per heavy atom. The van der Waals surface area contributed by atoms with Crippen LogP contribution in [-0.2, 0) is 15.8 Å². The fourth-order valence-electron chi connectivity index (χ4n) is 1.53. The third-order valence-corrected chi connectivity index (χ3v) is 5.61. The lowest BCUT2D eigenvalue weighted by Gasteiger charge is -2.07. The molecule has 0 aliphatic carbocycles. The molecule has 3 nitrogen and oxygen atoms in total. The molecule has 0 saturated carbocycles. The molecular weight excluding hydrogens is 286 g/mol. The lowest BCUT2D eigenvalue weighted by atomic mass is 10.2. The Bertz CT molecular complexity index is 605. The van der Waals surface area contributed by atoms with Gasteiger partial charge in [-0.05, 0) is 23.3 Å². The van der Waals surface area contributed by atoms with Crippen LogP contribution in [0.2, 0.25) is 0 Å². The summed E-state index contributed by atoms with van der Waals surface area (Å²) in [5.74, 6) is -0.00247. The van der Waals surface area contributed by atoms with Gasteiger partial charge in [-0.25, -0.2) is 8.42 Å².